The second-order valence-electron chi connectivity index (χ2n) is 4.34. The Morgan fingerprint density at radius 2 is 2.00 bits per heavy atom. The van der Waals surface area contributed by atoms with Crippen molar-refractivity contribution < 1.29 is 10.2 Å². The van der Waals surface area contributed by atoms with Crippen molar-refractivity contribution in [3.05, 3.63) is 0 Å². The number of aliphatic hydroxyl groups excluding tert-OH is 1. The number of aliphatic hydroxyl groups is 2. The molecule has 1 saturated carbocycles. The molecular formula is C9H19NO2. The van der Waals surface area contributed by atoms with Crippen molar-refractivity contribution in [3.8, 4) is 0 Å². The van der Waals surface area contributed by atoms with Gasteiger partial charge in [-0.1, -0.05) is 0 Å². The summed E-state index contributed by atoms with van der Waals surface area (Å²) in [7, 11) is 0. The molecule has 0 unspecified atom stereocenters. The Labute approximate surface area is 73.8 Å². The fraction of sp³-hybridized carbons (Fsp3) is 1.00. The topological polar surface area (TPSA) is 52.5 Å². The summed E-state index contributed by atoms with van der Waals surface area (Å²) in [6.45, 7) is 4.45. The molecule has 0 aromatic heterocycles. The van der Waals surface area contributed by atoms with Gasteiger partial charge in [0.2, 0.25) is 0 Å². The Balaban J connectivity index is 1.97. The second kappa shape index (κ2) is 3.73. The molecule has 0 radical (unpaired) electrons. The molecule has 12 heavy (non-hydrogen) atoms. The summed E-state index contributed by atoms with van der Waals surface area (Å²) in [6, 6.07) is 0.474. The van der Waals surface area contributed by atoms with E-state index in [9.17, 15) is 5.11 Å². The van der Waals surface area contributed by atoms with Crippen molar-refractivity contribution in [1.82, 2.24) is 5.32 Å². The maximum Gasteiger partial charge on any atom is 0.0603 e. The van der Waals surface area contributed by atoms with Gasteiger partial charge in [-0.15, -0.1) is 0 Å². The average molecular weight is 173 g/mol. The van der Waals surface area contributed by atoms with Gasteiger partial charge in [-0.2, -0.15) is 0 Å². The van der Waals surface area contributed by atoms with Gasteiger partial charge in [-0.05, 0) is 39.7 Å². The van der Waals surface area contributed by atoms with E-state index in [1.165, 1.54) is 0 Å². The molecule has 1 aliphatic carbocycles. The first kappa shape index (κ1) is 9.96. The summed E-state index contributed by atoms with van der Waals surface area (Å²) in [5.74, 6) is 0. The van der Waals surface area contributed by atoms with Crippen molar-refractivity contribution >= 4 is 0 Å². The first-order valence-electron chi connectivity index (χ1n) is 4.61. The molecule has 1 fully saturated rings. The molecule has 72 valence electrons. The Hall–Kier alpha value is -0.120. The highest BCUT2D eigenvalue weighted by molar-refractivity contribution is 4.84. The van der Waals surface area contributed by atoms with Crippen LogP contribution in [0.4, 0.5) is 0 Å². The van der Waals surface area contributed by atoms with E-state index < -0.39 is 5.60 Å². The van der Waals surface area contributed by atoms with Gasteiger partial charge in [0, 0.05) is 6.04 Å². The van der Waals surface area contributed by atoms with E-state index in [2.05, 4.69) is 5.32 Å². The van der Waals surface area contributed by atoms with Gasteiger partial charge in [0.05, 0.1) is 11.7 Å². The molecule has 0 aromatic rings. The van der Waals surface area contributed by atoms with Crippen LogP contribution in [0.15, 0.2) is 0 Å². The van der Waals surface area contributed by atoms with E-state index in [1.54, 1.807) is 0 Å². The lowest BCUT2D eigenvalue weighted by Gasteiger charge is -2.32. The maximum atomic E-state index is 9.38. The van der Waals surface area contributed by atoms with Gasteiger partial charge in [0.1, 0.15) is 0 Å². The zero-order valence-electron chi connectivity index (χ0n) is 7.88. The molecule has 0 bridgehead atoms. The van der Waals surface area contributed by atoms with Crippen molar-refractivity contribution in [2.24, 2.45) is 0 Å². The van der Waals surface area contributed by atoms with E-state index in [1.807, 2.05) is 13.8 Å². The van der Waals surface area contributed by atoms with Crippen LogP contribution in [0.25, 0.3) is 0 Å². The standard InChI is InChI=1S/C9H19NO2/c1-9(2,12)3-4-10-7-5-8(11)6-7/h7-8,10-12H,3-6H2,1-2H3. The molecule has 1 rings (SSSR count). The average Bonchev–Trinajstić information content (AvgIpc) is 1.81. The minimum Gasteiger partial charge on any atom is -0.393 e. The Kier molecular flexibility index (Phi) is 3.09. The van der Waals surface area contributed by atoms with Crippen LogP contribution in [0.1, 0.15) is 33.1 Å². The molecule has 3 heteroatoms. The van der Waals surface area contributed by atoms with Gasteiger partial charge in [0.25, 0.3) is 0 Å². The van der Waals surface area contributed by atoms with E-state index in [0.29, 0.717) is 6.04 Å². The molecule has 3 N–H and O–H groups in total. The van der Waals surface area contributed by atoms with Crippen LogP contribution >= 0.6 is 0 Å². The molecule has 0 aliphatic heterocycles. The highest BCUT2D eigenvalue weighted by Crippen LogP contribution is 2.19. The third-order valence-electron chi connectivity index (χ3n) is 2.28. The Morgan fingerprint density at radius 1 is 1.42 bits per heavy atom. The van der Waals surface area contributed by atoms with Crippen LogP contribution in [0.5, 0.6) is 0 Å². The van der Waals surface area contributed by atoms with Crippen LogP contribution in [0.3, 0.4) is 0 Å². The largest absolute Gasteiger partial charge is 0.393 e. The molecule has 1 aliphatic rings. The lowest BCUT2D eigenvalue weighted by atomic mass is 9.89. The lowest BCUT2D eigenvalue weighted by molar-refractivity contribution is 0.0495. The van der Waals surface area contributed by atoms with Crippen LogP contribution in [0, 0.1) is 0 Å². The number of hydrogen-bond donors (Lipinski definition) is 3. The fourth-order valence-corrected chi connectivity index (χ4v) is 1.34. The van der Waals surface area contributed by atoms with E-state index in [4.69, 9.17) is 5.11 Å². The van der Waals surface area contributed by atoms with Crippen LogP contribution in [-0.4, -0.2) is 34.5 Å². The first-order valence-corrected chi connectivity index (χ1v) is 4.61. The van der Waals surface area contributed by atoms with Crippen molar-refractivity contribution in [3.63, 3.8) is 0 Å². The zero-order valence-corrected chi connectivity index (χ0v) is 7.88. The highest BCUT2D eigenvalue weighted by atomic mass is 16.3. The minimum absolute atomic E-state index is 0.0929. The molecule has 0 heterocycles. The number of hydrogen-bond acceptors (Lipinski definition) is 3. The smallest absolute Gasteiger partial charge is 0.0603 e. The molecule has 0 atom stereocenters. The molecule has 0 spiro atoms. The van der Waals surface area contributed by atoms with Crippen LogP contribution in [-0.2, 0) is 0 Å². The Bertz CT molecular complexity index is 136. The molecule has 0 aromatic carbocycles. The molecule has 3 nitrogen and oxygen atoms in total. The molecule has 0 amide bonds. The van der Waals surface area contributed by atoms with Gasteiger partial charge < -0.3 is 15.5 Å². The summed E-state index contributed by atoms with van der Waals surface area (Å²) in [4.78, 5) is 0. The minimum atomic E-state index is -0.574. The third-order valence-corrected chi connectivity index (χ3v) is 2.28. The van der Waals surface area contributed by atoms with Gasteiger partial charge in [-0.3, -0.25) is 0 Å². The predicted octanol–water partition coefficient (Wildman–Crippen LogP) is 0.260. The summed E-state index contributed by atoms with van der Waals surface area (Å²) >= 11 is 0. The summed E-state index contributed by atoms with van der Waals surface area (Å²) in [5, 5.41) is 21.7. The number of rotatable bonds is 4. The van der Waals surface area contributed by atoms with Crippen molar-refractivity contribution in [1.29, 1.82) is 0 Å². The third kappa shape index (κ3) is 3.52. The van der Waals surface area contributed by atoms with E-state index in [-0.39, 0.29) is 6.10 Å². The van der Waals surface area contributed by atoms with Gasteiger partial charge >= 0.3 is 0 Å². The van der Waals surface area contributed by atoms with Crippen LogP contribution < -0.4 is 5.32 Å². The van der Waals surface area contributed by atoms with Gasteiger partial charge in [0.15, 0.2) is 0 Å². The maximum absolute atomic E-state index is 9.38. The lowest BCUT2D eigenvalue weighted by Crippen LogP contribution is -2.45. The SMILES string of the molecule is CC(C)(O)CCNC1CC(O)C1. The monoisotopic (exact) mass is 173 g/mol. The highest BCUT2D eigenvalue weighted by Gasteiger charge is 2.26. The summed E-state index contributed by atoms with van der Waals surface area (Å²) < 4.78 is 0. The predicted molar refractivity (Wildman–Crippen MR) is 47.9 cm³/mol. The van der Waals surface area contributed by atoms with Crippen LogP contribution in [0.2, 0.25) is 0 Å². The zero-order chi connectivity index (χ0) is 9.19. The summed E-state index contributed by atoms with van der Waals surface area (Å²) in [6.07, 6.45) is 2.40. The molecular weight excluding hydrogens is 154 g/mol. The normalized spacial score (nSPS) is 30.0. The first-order chi connectivity index (χ1) is 5.47. The summed E-state index contributed by atoms with van der Waals surface area (Å²) in [5.41, 5.74) is -0.574. The quantitative estimate of drug-likeness (QED) is 0.571. The van der Waals surface area contributed by atoms with Crippen molar-refractivity contribution in [2.75, 3.05) is 6.54 Å². The fourth-order valence-electron chi connectivity index (χ4n) is 1.34. The number of nitrogens with one attached hydrogen (secondary N) is 1. The molecule has 0 saturated heterocycles. The van der Waals surface area contributed by atoms with Gasteiger partial charge in [-0.25, -0.2) is 0 Å². The van der Waals surface area contributed by atoms with E-state index >= 15 is 0 Å². The van der Waals surface area contributed by atoms with E-state index in [0.717, 1.165) is 25.8 Å². The Morgan fingerprint density at radius 3 is 2.42 bits per heavy atom. The second-order valence-corrected chi connectivity index (χ2v) is 4.34. The van der Waals surface area contributed by atoms with Crippen molar-refractivity contribution in [2.45, 2.75) is 50.9 Å².